The zero-order chi connectivity index (χ0) is 18.9. The predicted octanol–water partition coefficient (Wildman–Crippen LogP) is 3.10. The largest absolute Gasteiger partial charge is 0.543 e. The number of aliphatic carboxylic acids is 1. The number of carboxylic acid groups (broad SMARTS) is 1. The second kappa shape index (κ2) is 9.42. The number of carbonyl (C=O) groups is 2. The molecule has 0 fully saturated rings. The minimum atomic E-state index is -1.46. The number of carboxylic acids is 1. The summed E-state index contributed by atoms with van der Waals surface area (Å²) >= 11 is 0. The molecule has 2 rings (SSSR count). The van der Waals surface area contributed by atoms with E-state index in [0.29, 0.717) is 23.6 Å². The molecule has 0 aliphatic rings. The number of allylic oxidation sites excluding steroid dienone is 1. The van der Waals surface area contributed by atoms with Crippen LogP contribution < -0.4 is 15.2 Å². The van der Waals surface area contributed by atoms with E-state index in [-0.39, 0.29) is 5.70 Å². The van der Waals surface area contributed by atoms with Crippen molar-refractivity contribution in [3.8, 4) is 5.75 Å². The van der Waals surface area contributed by atoms with Crippen LogP contribution in [0.25, 0.3) is 0 Å². The maximum absolute atomic E-state index is 12.3. The minimum Gasteiger partial charge on any atom is -0.543 e. The summed E-state index contributed by atoms with van der Waals surface area (Å²) < 4.78 is 5.67. The summed E-state index contributed by atoms with van der Waals surface area (Å²) in [5.41, 5.74) is 1.57. The molecule has 136 valence electrons. The molecule has 0 spiro atoms. The van der Waals surface area contributed by atoms with Crippen molar-refractivity contribution >= 4 is 17.4 Å². The summed E-state index contributed by atoms with van der Waals surface area (Å²) in [7, 11) is 0. The monoisotopic (exact) mass is 352 g/mol. The van der Waals surface area contributed by atoms with Crippen molar-refractivity contribution in [1.82, 2.24) is 0 Å². The first-order chi connectivity index (χ1) is 12.5. The van der Waals surface area contributed by atoms with Gasteiger partial charge in [-0.05, 0) is 25.5 Å². The lowest BCUT2D eigenvalue weighted by atomic mass is 10.1. The van der Waals surface area contributed by atoms with E-state index in [0.717, 1.165) is 24.5 Å². The molecular formula is C21H22NO4-. The Morgan fingerprint density at radius 3 is 2.46 bits per heavy atom. The van der Waals surface area contributed by atoms with Gasteiger partial charge in [-0.15, -0.1) is 0 Å². The van der Waals surface area contributed by atoms with Gasteiger partial charge >= 0.3 is 0 Å². The molecule has 26 heavy (non-hydrogen) atoms. The van der Waals surface area contributed by atoms with Gasteiger partial charge in [-0.25, -0.2) is 0 Å². The van der Waals surface area contributed by atoms with Crippen molar-refractivity contribution in [2.75, 3.05) is 11.9 Å². The van der Waals surface area contributed by atoms with Crippen LogP contribution in [-0.2, 0) is 4.79 Å². The standard InChI is InChI=1S/C21H23NO4/c1-3-4-13-26-20-8-6-5-7-17(20)22-18(21(24)25)14-19(23)16-11-9-15(2)10-12-16/h5-12,14,22H,3-4,13H2,1-2H3,(H,24,25)/p-1. The molecule has 0 radical (unpaired) electrons. The summed E-state index contributed by atoms with van der Waals surface area (Å²) in [6.07, 6.45) is 2.91. The SMILES string of the molecule is CCCCOc1ccccc1NC(=CC(=O)c1ccc(C)cc1)C(=O)[O-]. The lowest BCUT2D eigenvalue weighted by Crippen LogP contribution is -2.29. The molecule has 1 N–H and O–H groups in total. The maximum atomic E-state index is 12.3. The third kappa shape index (κ3) is 5.48. The number of rotatable bonds is 9. The van der Waals surface area contributed by atoms with E-state index in [1.54, 1.807) is 48.5 Å². The van der Waals surface area contributed by atoms with Crippen LogP contribution in [-0.4, -0.2) is 18.4 Å². The van der Waals surface area contributed by atoms with E-state index < -0.39 is 11.8 Å². The number of ketones is 1. The number of ether oxygens (including phenoxy) is 1. The van der Waals surface area contributed by atoms with Gasteiger partial charge in [0.1, 0.15) is 5.75 Å². The van der Waals surface area contributed by atoms with E-state index in [1.807, 2.05) is 6.92 Å². The van der Waals surface area contributed by atoms with Crippen LogP contribution >= 0.6 is 0 Å². The smallest absolute Gasteiger partial charge is 0.187 e. The molecule has 0 heterocycles. The minimum absolute atomic E-state index is 0.317. The molecular weight excluding hydrogens is 330 g/mol. The van der Waals surface area contributed by atoms with Crippen LogP contribution in [0.4, 0.5) is 5.69 Å². The van der Waals surface area contributed by atoms with Crippen LogP contribution in [0.2, 0.25) is 0 Å². The number of unbranched alkanes of at least 4 members (excludes halogenated alkanes) is 1. The Balaban J connectivity index is 2.22. The topological polar surface area (TPSA) is 78.5 Å². The summed E-state index contributed by atoms with van der Waals surface area (Å²) in [6.45, 7) is 4.50. The Bertz CT molecular complexity index is 794. The lowest BCUT2D eigenvalue weighted by Gasteiger charge is -2.16. The molecule has 0 aromatic heterocycles. The highest BCUT2D eigenvalue weighted by atomic mass is 16.5. The fourth-order valence-corrected chi connectivity index (χ4v) is 2.25. The average molecular weight is 352 g/mol. The summed E-state index contributed by atoms with van der Waals surface area (Å²) in [5.74, 6) is -1.36. The fraction of sp³-hybridized carbons (Fsp3) is 0.238. The average Bonchev–Trinajstić information content (AvgIpc) is 2.63. The van der Waals surface area contributed by atoms with Crippen LogP contribution in [0, 0.1) is 6.92 Å². The molecule has 0 amide bonds. The van der Waals surface area contributed by atoms with Gasteiger partial charge in [0.25, 0.3) is 0 Å². The van der Waals surface area contributed by atoms with Crippen molar-refractivity contribution < 1.29 is 19.4 Å². The van der Waals surface area contributed by atoms with E-state index in [4.69, 9.17) is 4.74 Å². The Morgan fingerprint density at radius 1 is 1.12 bits per heavy atom. The van der Waals surface area contributed by atoms with Crippen LogP contribution in [0.1, 0.15) is 35.7 Å². The molecule has 0 aliphatic heterocycles. The maximum Gasteiger partial charge on any atom is 0.187 e. The highest BCUT2D eigenvalue weighted by molar-refractivity contribution is 6.09. The zero-order valence-corrected chi connectivity index (χ0v) is 15.0. The number of benzene rings is 2. The quantitative estimate of drug-likeness (QED) is 0.426. The Morgan fingerprint density at radius 2 is 1.81 bits per heavy atom. The van der Waals surface area contributed by atoms with Crippen molar-refractivity contribution in [3.05, 3.63) is 71.4 Å². The molecule has 2 aromatic rings. The summed E-state index contributed by atoms with van der Waals surface area (Å²) in [6, 6.07) is 13.9. The van der Waals surface area contributed by atoms with Crippen molar-refractivity contribution in [1.29, 1.82) is 0 Å². The number of hydrogen-bond donors (Lipinski definition) is 1. The van der Waals surface area contributed by atoms with Gasteiger partial charge in [0, 0.05) is 11.6 Å². The number of aryl methyl sites for hydroxylation is 1. The number of anilines is 1. The number of nitrogens with one attached hydrogen (secondary N) is 1. The van der Waals surface area contributed by atoms with Crippen molar-refractivity contribution in [3.63, 3.8) is 0 Å². The molecule has 0 saturated heterocycles. The van der Waals surface area contributed by atoms with Crippen LogP contribution in [0.15, 0.2) is 60.3 Å². The Hall–Kier alpha value is -3.08. The normalized spacial score (nSPS) is 11.1. The molecule has 0 unspecified atom stereocenters. The zero-order valence-electron chi connectivity index (χ0n) is 15.0. The number of para-hydroxylation sites is 2. The number of hydrogen-bond acceptors (Lipinski definition) is 5. The molecule has 0 atom stereocenters. The molecule has 2 aromatic carbocycles. The first-order valence-electron chi connectivity index (χ1n) is 8.54. The molecule has 5 nitrogen and oxygen atoms in total. The summed E-state index contributed by atoms with van der Waals surface area (Å²) in [4.78, 5) is 23.8. The first kappa shape index (κ1) is 19.2. The van der Waals surface area contributed by atoms with Gasteiger partial charge in [0.05, 0.1) is 24.0 Å². The van der Waals surface area contributed by atoms with Gasteiger partial charge in [0.2, 0.25) is 0 Å². The third-order valence-electron chi connectivity index (χ3n) is 3.74. The van der Waals surface area contributed by atoms with E-state index in [1.165, 1.54) is 0 Å². The second-order valence-corrected chi connectivity index (χ2v) is 5.90. The van der Waals surface area contributed by atoms with E-state index in [9.17, 15) is 14.7 Å². The Labute approximate surface area is 153 Å². The van der Waals surface area contributed by atoms with Crippen LogP contribution in [0.5, 0.6) is 5.75 Å². The molecule has 0 bridgehead atoms. The fourth-order valence-electron chi connectivity index (χ4n) is 2.25. The van der Waals surface area contributed by atoms with Gasteiger partial charge in [0.15, 0.2) is 5.78 Å². The third-order valence-corrected chi connectivity index (χ3v) is 3.74. The number of carbonyl (C=O) groups excluding carboxylic acids is 2. The highest BCUT2D eigenvalue weighted by Crippen LogP contribution is 2.25. The van der Waals surface area contributed by atoms with Crippen molar-refractivity contribution in [2.45, 2.75) is 26.7 Å². The second-order valence-electron chi connectivity index (χ2n) is 5.90. The van der Waals surface area contributed by atoms with Gasteiger partial charge in [-0.2, -0.15) is 0 Å². The van der Waals surface area contributed by atoms with Gasteiger partial charge in [-0.1, -0.05) is 55.3 Å². The van der Waals surface area contributed by atoms with E-state index in [2.05, 4.69) is 12.2 Å². The van der Waals surface area contributed by atoms with E-state index >= 15 is 0 Å². The van der Waals surface area contributed by atoms with Crippen LogP contribution in [0.3, 0.4) is 0 Å². The Kier molecular flexibility index (Phi) is 6.97. The molecule has 0 saturated carbocycles. The first-order valence-corrected chi connectivity index (χ1v) is 8.54. The molecule has 5 heteroatoms. The summed E-state index contributed by atoms with van der Waals surface area (Å²) in [5, 5.41) is 14.2. The van der Waals surface area contributed by atoms with Gasteiger partial charge < -0.3 is 20.0 Å². The molecule has 0 aliphatic carbocycles. The van der Waals surface area contributed by atoms with Crippen molar-refractivity contribution in [2.24, 2.45) is 0 Å². The lowest BCUT2D eigenvalue weighted by molar-refractivity contribution is -0.299. The predicted molar refractivity (Wildman–Crippen MR) is 99.1 cm³/mol. The highest BCUT2D eigenvalue weighted by Gasteiger charge is 2.09. The van der Waals surface area contributed by atoms with Gasteiger partial charge in [-0.3, -0.25) is 4.79 Å².